The van der Waals surface area contributed by atoms with Crippen LogP contribution in [0, 0.1) is 6.92 Å². The summed E-state index contributed by atoms with van der Waals surface area (Å²) in [6, 6.07) is 0. The van der Waals surface area contributed by atoms with Crippen LogP contribution in [0.5, 0.6) is 0 Å². The molecule has 0 aliphatic carbocycles. The van der Waals surface area contributed by atoms with E-state index in [1.54, 1.807) is 17.7 Å². The summed E-state index contributed by atoms with van der Waals surface area (Å²) in [7, 11) is 0. The summed E-state index contributed by atoms with van der Waals surface area (Å²) in [6.45, 7) is 4.72. The van der Waals surface area contributed by atoms with Gasteiger partial charge in [0.05, 0.1) is 0 Å². The van der Waals surface area contributed by atoms with Crippen molar-refractivity contribution in [3.05, 3.63) is 32.6 Å². The van der Waals surface area contributed by atoms with Crippen molar-refractivity contribution >= 4 is 0 Å². The summed E-state index contributed by atoms with van der Waals surface area (Å²) in [5, 5.41) is 0. The molecule has 0 aliphatic rings. The smallest absolute Gasteiger partial charge is 0.300 e. The Hall–Kier alpha value is -1.32. The fraction of sp³-hybridized carbons (Fsp3) is 0.826. The summed E-state index contributed by atoms with van der Waals surface area (Å²) >= 11 is 0. The van der Waals surface area contributed by atoms with Gasteiger partial charge in [-0.05, 0) is 13.3 Å². The first-order valence-electron chi connectivity index (χ1n) is 11.5. The molecule has 0 saturated heterocycles. The first-order valence-corrected chi connectivity index (χ1v) is 11.5. The fourth-order valence-corrected chi connectivity index (χ4v) is 3.61. The molecule has 1 aromatic heterocycles. The summed E-state index contributed by atoms with van der Waals surface area (Å²) in [6.07, 6.45) is 23.2. The highest BCUT2D eigenvalue weighted by Crippen LogP contribution is 2.13. The normalized spacial score (nSPS) is 11.2. The highest BCUT2D eigenvalue weighted by Gasteiger charge is 2.00. The molecule has 0 aromatic carbocycles. The third-order valence-corrected chi connectivity index (χ3v) is 5.44. The summed E-state index contributed by atoms with van der Waals surface area (Å²) < 4.78 is 1.63. The molecule has 4 nitrogen and oxygen atoms in total. The standard InChI is InChI=1S/C23H42N2O2/c1-3-4-5-6-7-8-9-10-11-12-13-14-15-16-17-18-19-25-20-21(2)22(26)24-23(25)27/h20H,3-19H2,1-2H3,(H,24,26,27). The first-order chi connectivity index (χ1) is 13.1. The van der Waals surface area contributed by atoms with Crippen LogP contribution in [0.2, 0.25) is 0 Å². The van der Waals surface area contributed by atoms with Crippen LogP contribution in [0.3, 0.4) is 0 Å². The lowest BCUT2D eigenvalue weighted by atomic mass is 10.0. The molecule has 1 heterocycles. The van der Waals surface area contributed by atoms with E-state index < -0.39 is 0 Å². The molecule has 0 radical (unpaired) electrons. The van der Waals surface area contributed by atoms with Crippen molar-refractivity contribution in [2.24, 2.45) is 0 Å². The third kappa shape index (κ3) is 11.9. The van der Waals surface area contributed by atoms with E-state index in [1.807, 2.05) is 0 Å². The van der Waals surface area contributed by atoms with Gasteiger partial charge in [0.1, 0.15) is 0 Å². The number of aryl methyl sites for hydroxylation is 2. The number of H-pyrrole nitrogens is 1. The Labute approximate surface area is 165 Å². The molecular weight excluding hydrogens is 336 g/mol. The van der Waals surface area contributed by atoms with E-state index in [2.05, 4.69) is 11.9 Å². The lowest BCUT2D eigenvalue weighted by Gasteiger charge is -2.06. The lowest BCUT2D eigenvalue weighted by molar-refractivity contribution is 0.515. The molecular formula is C23H42N2O2. The van der Waals surface area contributed by atoms with Gasteiger partial charge in [-0.2, -0.15) is 0 Å². The highest BCUT2D eigenvalue weighted by molar-refractivity contribution is 5.00. The molecule has 0 bridgehead atoms. The number of hydrogen-bond donors (Lipinski definition) is 1. The molecule has 0 aliphatic heterocycles. The highest BCUT2D eigenvalue weighted by atomic mass is 16.2. The van der Waals surface area contributed by atoms with Crippen molar-refractivity contribution in [2.45, 2.75) is 123 Å². The minimum Gasteiger partial charge on any atom is -0.300 e. The molecule has 0 fully saturated rings. The molecule has 1 aromatic rings. The van der Waals surface area contributed by atoms with Gasteiger partial charge in [0.25, 0.3) is 5.56 Å². The Morgan fingerprint density at radius 1 is 0.704 bits per heavy atom. The van der Waals surface area contributed by atoms with Crippen LogP contribution in [-0.4, -0.2) is 9.55 Å². The average Bonchev–Trinajstić information content (AvgIpc) is 2.65. The topological polar surface area (TPSA) is 54.9 Å². The molecule has 156 valence electrons. The number of rotatable bonds is 17. The number of aromatic nitrogens is 2. The second kappa shape index (κ2) is 15.7. The number of nitrogens with one attached hydrogen (secondary N) is 1. The van der Waals surface area contributed by atoms with Crippen LogP contribution in [-0.2, 0) is 6.54 Å². The minimum atomic E-state index is -0.286. The van der Waals surface area contributed by atoms with Gasteiger partial charge in [-0.1, -0.05) is 103 Å². The largest absolute Gasteiger partial charge is 0.328 e. The quantitative estimate of drug-likeness (QED) is 0.333. The molecule has 0 saturated carbocycles. The van der Waals surface area contributed by atoms with Gasteiger partial charge in [-0.15, -0.1) is 0 Å². The summed E-state index contributed by atoms with van der Waals surface area (Å²) in [5.74, 6) is 0. The monoisotopic (exact) mass is 378 g/mol. The number of aromatic amines is 1. The van der Waals surface area contributed by atoms with Gasteiger partial charge in [0.2, 0.25) is 0 Å². The van der Waals surface area contributed by atoms with E-state index in [-0.39, 0.29) is 11.2 Å². The van der Waals surface area contributed by atoms with Crippen LogP contribution in [0.1, 0.15) is 115 Å². The van der Waals surface area contributed by atoms with Gasteiger partial charge in [-0.25, -0.2) is 4.79 Å². The second-order valence-electron chi connectivity index (χ2n) is 8.07. The van der Waals surface area contributed by atoms with E-state index in [0.717, 1.165) is 12.8 Å². The SMILES string of the molecule is CCCCCCCCCCCCCCCCCCn1cc(C)c(=O)[nH]c1=O. The fourth-order valence-electron chi connectivity index (χ4n) is 3.61. The van der Waals surface area contributed by atoms with E-state index in [4.69, 9.17) is 0 Å². The van der Waals surface area contributed by atoms with Crippen LogP contribution in [0.4, 0.5) is 0 Å². The molecule has 0 amide bonds. The predicted octanol–water partition coefficient (Wildman–Crippen LogP) is 6.11. The summed E-state index contributed by atoms with van der Waals surface area (Å²) in [4.78, 5) is 25.4. The third-order valence-electron chi connectivity index (χ3n) is 5.44. The van der Waals surface area contributed by atoms with Gasteiger partial charge in [-0.3, -0.25) is 9.78 Å². The van der Waals surface area contributed by atoms with Gasteiger partial charge < -0.3 is 4.57 Å². The van der Waals surface area contributed by atoms with E-state index in [0.29, 0.717) is 12.1 Å². The Kier molecular flexibility index (Phi) is 13.8. The molecule has 27 heavy (non-hydrogen) atoms. The first kappa shape index (κ1) is 23.7. The Morgan fingerprint density at radius 3 is 1.56 bits per heavy atom. The zero-order valence-corrected chi connectivity index (χ0v) is 17.9. The second-order valence-corrected chi connectivity index (χ2v) is 8.07. The van der Waals surface area contributed by atoms with Crippen LogP contribution in [0.15, 0.2) is 15.8 Å². The minimum absolute atomic E-state index is 0.275. The van der Waals surface area contributed by atoms with Gasteiger partial charge in [0.15, 0.2) is 0 Å². The summed E-state index contributed by atoms with van der Waals surface area (Å²) in [5.41, 5.74) is 0.0425. The molecule has 4 heteroatoms. The van der Waals surface area contributed by atoms with Gasteiger partial charge >= 0.3 is 5.69 Å². The van der Waals surface area contributed by atoms with Crippen molar-refractivity contribution < 1.29 is 0 Å². The van der Waals surface area contributed by atoms with Crippen molar-refractivity contribution in [1.29, 1.82) is 0 Å². The Morgan fingerprint density at radius 2 is 1.11 bits per heavy atom. The van der Waals surface area contributed by atoms with E-state index in [1.165, 1.54) is 89.9 Å². The average molecular weight is 379 g/mol. The number of unbranched alkanes of at least 4 members (excludes halogenated alkanes) is 15. The molecule has 0 atom stereocenters. The van der Waals surface area contributed by atoms with Crippen molar-refractivity contribution in [2.75, 3.05) is 0 Å². The maximum Gasteiger partial charge on any atom is 0.328 e. The van der Waals surface area contributed by atoms with Crippen molar-refractivity contribution in [3.8, 4) is 0 Å². The Balaban J connectivity index is 1.86. The Bertz CT molecular complexity index is 589. The zero-order valence-electron chi connectivity index (χ0n) is 17.9. The van der Waals surface area contributed by atoms with Gasteiger partial charge in [0, 0.05) is 18.3 Å². The maximum absolute atomic E-state index is 11.7. The number of hydrogen-bond acceptors (Lipinski definition) is 2. The van der Waals surface area contributed by atoms with Crippen LogP contribution in [0.25, 0.3) is 0 Å². The molecule has 1 rings (SSSR count). The lowest BCUT2D eigenvalue weighted by Crippen LogP contribution is -2.30. The number of nitrogens with zero attached hydrogens (tertiary/aromatic N) is 1. The van der Waals surface area contributed by atoms with Crippen molar-refractivity contribution in [1.82, 2.24) is 9.55 Å². The van der Waals surface area contributed by atoms with E-state index in [9.17, 15) is 9.59 Å². The van der Waals surface area contributed by atoms with E-state index >= 15 is 0 Å². The molecule has 0 spiro atoms. The van der Waals surface area contributed by atoms with Crippen LogP contribution < -0.4 is 11.2 Å². The predicted molar refractivity (Wildman–Crippen MR) is 116 cm³/mol. The maximum atomic E-state index is 11.7. The zero-order chi connectivity index (χ0) is 19.7. The van der Waals surface area contributed by atoms with Crippen molar-refractivity contribution in [3.63, 3.8) is 0 Å². The molecule has 0 unspecified atom stereocenters. The molecule has 1 N–H and O–H groups in total. The van der Waals surface area contributed by atoms with Crippen LogP contribution >= 0.6 is 0 Å².